The zero-order valence-electron chi connectivity index (χ0n) is 6.38. The van der Waals surface area contributed by atoms with Crippen molar-refractivity contribution < 1.29 is 0 Å². The van der Waals surface area contributed by atoms with Gasteiger partial charge in [-0.05, 0) is 24.8 Å². The highest BCUT2D eigenvalue weighted by molar-refractivity contribution is 5.38. The Bertz CT molecular complexity index is 250. The zero-order chi connectivity index (χ0) is 7.84. The van der Waals surface area contributed by atoms with E-state index in [0.717, 1.165) is 11.4 Å². The zero-order valence-corrected chi connectivity index (χ0v) is 6.38. The van der Waals surface area contributed by atoms with Crippen LogP contribution in [0, 0.1) is 5.92 Å². The lowest BCUT2D eigenvalue weighted by atomic mass is 10.1. The molecule has 11 heavy (non-hydrogen) atoms. The van der Waals surface area contributed by atoms with E-state index in [2.05, 4.69) is 4.98 Å². The van der Waals surface area contributed by atoms with Crippen molar-refractivity contribution >= 4 is 5.69 Å². The molecule has 1 fully saturated rings. The highest BCUT2D eigenvalue weighted by Gasteiger charge is 2.30. The summed E-state index contributed by atoms with van der Waals surface area (Å²) in [7, 11) is 0. The normalized spacial score (nSPS) is 20.1. The summed E-state index contributed by atoms with van der Waals surface area (Å²) in [6.45, 7) is 0. The third-order valence-electron chi connectivity index (χ3n) is 2.22. The van der Waals surface area contributed by atoms with Crippen molar-refractivity contribution in [1.29, 1.82) is 0 Å². The smallest absolute Gasteiger partial charge is 0.0495 e. The van der Waals surface area contributed by atoms with Crippen molar-refractivity contribution in [1.82, 2.24) is 4.98 Å². The minimum absolute atomic E-state index is 0.173. The summed E-state index contributed by atoms with van der Waals surface area (Å²) in [5.41, 5.74) is 13.3. The van der Waals surface area contributed by atoms with Crippen molar-refractivity contribution in [3.05, 3.63) is 18.0 Å². The molecular weight excluding hydrogens is 138 g/mol. The summed E-state index contributed by atoms with van der Waals surface area (Å²) >= 11 is 0. The van der Waals surface area contributed by atoms with Crippen LogP contribution in [-0.2, 0) is 0 Å². The Labute approximate surface area is 65.8 Å². The molecule has 0 aliphatic heterocycles. The number of hydrogen-bond donors (Lipinski definition) is 3. The van der Waals surface area contributed by atoms with E-state index in [1.807, 2.05) is 6.07 Å². The molecule has 1 aromatic heterocycles. The quantitative estimate of drug-likeness (QED) is 0.590. The summed E-state index contributed by atoms with van der Waals surface area (Å²) in [5.74, 6) is 0.688. The fourth-order valence-electron chi connectivity index (χ4n) is 1.33. The minimum Gasteiger partial charge on any atom is -0.397 e. The summed E-state index contributed by atoms with van der Waals surface area (Å²) in [6, 6.07) is 2.09. The Hall–Kier alpha value is -0.960. The van der Waals surface area contributed by atoms with E-state index in [0.29, 0.717) is 5.92 Å². The first-order chi connectivity index (χ1) is 5.27. The molecule has 0 amide bonds. The Morgan fingerprint density at radius 2 is 2.27 bits per heavy atom. The van der Waals surface area contributed by atoms with Crippen molar-refractivity contribution in [3.8, 4) is 0 Å². The number of anilines is 1. The molecule has 3 heteroatoms. The number of rotatable bonds is 2. The number of nitrogens with two attached hydrogens (primary N) is 2. The van der Waals surface area contributed by atoms with Gasteiger partial charge in [-0.15, -0.1) is 0 Å². The first-order valence-electron chi connectivity index (χ1n) is 3.97. The van der Waals surface area contributed by atoms with E-state index in [1.165, 1.54) is 12.8 Å². The maximum Gasteiger partial charge on any atom is 0.0495 e. The largest absolute Gasteiger partial charge is 0.397 e. The molecule has 1 heterocycles. The second kappa shape index (κ2) is 2.27. The van der Waals surface area contributed by atoms with E-state index in [1.54, 1.807) is 6.20 Å². The standard InChI is InChI=1S/C8H13N3/c9-6-3-7(11-4-6)8(10)5-1-2-5/h3-5,8,11H,1-2,9-10H2/t8-/m1/s1. The average molecular weight is 151 g/mol. The second-order valence-corrected chi connectivity index (χ2v) is 3.25. The molecule has 0 unspecified atom stereocenters. The molecule has 60 valence electrons. The van der Waals surface area contributed by atoms with Gasteiger partial charge < -0.3 is 16.5 Å². The summed E-state index contributed by atoms with van der Waals surface area (Å²) in [6.07, 6.45) is 4.32. The van der Waals surface area contributed by atoms with E-state index in [4.69, 9.17) is 11.5 Å². The van der Waals surface area contributed by atoms with Gasteiger partial charge in [-0.1, -0.05) is 0 Å². The Morgan fingerprint density at radius 3 is 2.73 bits per heavy atom. The average Bonchev–Trinajstić information content (AvgIpc) is 2.74. The lowest BCUT2D eigenvalue weighted by Gasteiger charge is -2.05. The molecule has 3 nitrogen and oxygen atoms in total. The number of aromatic nitrogens is 1. The fourth-order valence-corrected chi connectivity index (χ4v) is 1.33. The van der Waals surface area contributed by atoms with Gasteiger partial charge in [0.15, 0.2) is 0 Å². The van der Waals surface area contributed by atoms with Gasteiger partial charge in [0.05, 0.1) is 0 Å². The van der Waals surface area contributed by atoms with Gasteiger partial charge in [-0.25, -0.2) is 0 Å². The maximum atomic E-state index is 5.93. The van der Waals surface area contributed by atoms with Gasteiger partial charge in [0.2, 0.25) is 0 Å². The van der Waals surface area contributed by atoms with Crippen LogP contribution >= 0.6 is 0 Å². The summed E-state index contributed by atoms with van der Waals surface area (Å²) in [5, 5.41) is 0. The first-order valence-corrected chi connectivity index (χ1v) is 3.97. The molecule has 0 radical (unpaired) electrons. The molecular formula is C8H13N3. The molecule has 1 aliphatic rings. The van der Waals surface area contributed by atoms with Crippen LogP contribution in [0.1, 0.15) is 24.6 Å². The number of H-pyrrole nitrogens is 1. The van der Waals surface area contributed by atoms with Gasteiger partial charge in [0, 0.05) is 23.6 Å². The van der Waals surface area contributed by atoms with Gasteiger partial charge in [0.25, 0.3) is 0 Å². The molecule has 1 saturated carbocycles. The third kappa shape index (κ3) is 1.24. The highest BCUT2D eigenvalue weighted by atomic mass is 14.8. The van der Waals surface area contributed by atoms with E-state index in [-0.39, 0.29) is 6.04 Å². The van der Waals surface area contributed by atoms with Crippen molar-refractivity contribution in [3.63, 3.8) is 0 Å². The first kappa shape index (κ1) is 6.73. The van der Waals surface area contributed by atoms with Crippen LogP contribution in [0.3, 0.4) is 0 Å². The SMILES string of the molecule is Nc1c[nH]c([C@H](N)C2CC2)c1. The highest BCUT2D eigenvalue weighted by Crippen LogP contribution is 2.39. The van der Waals surface area contributed by atoms with Crippen molar-refractivity contribution in [2.75, 3.05) is 5.73 Å². The molecule has 0 saturated heterocycles. The van der Waals surface area contributed by atoms with E-state index < -0.39 is 0 Å². The predicted molar refractivity (Wildman–Crippen MR) is 44.9 cm³/mol. The minimum atomic E-state index is 0.173. The van der Waals surface area contributed by atoms with Gasteiger partial charge in [-0.2, -0.15) is 0 Å². The number of hydrogen-bond acceptors (Lipinski definition) is 2. The van der Waals surface area contributed by atoms with Crippen LogP contribution < -0.4 is 11.5 Å². The monoisotopic (exact) mass is 151 g/mol. The molecule has 0 spiro atoms. The van der Waals surface area contributed by atoms with E-state index >= 15 is 0 Å². The Kier molecular flexibility index (Phi) is 1.39. The van der Waals surface area contributed by atoms with Crippen molar-refractivity contribution in [2.45, 2.75) is 18.9 Å². The molecule has 1 aliphatic carbocycles. The molecule has 0 bridgehead atoms. The number of nitrogen functional groups attached to an aromatic ring is 1. The molecule has 1 atom stereocenters. The van der Waals surface area contributed by atoms with Crippen LogP contribution in [0.25, 0.3) is 0 Å². The number of nitrogens with one attached hydrogen (secondary N) is 1. The lowest BCUT2D eigenvalue weighted by molar-refractivity contribution is 0.618. The predicted octanol–water partition coefficient (Wildman–Crippen LogP) is 1.01. The van der Waals surface area contributed by atoms with Crippen LogP contribution in [0.5, 0.6) is 0 Å². The van der Waals surface area contributed by atoms with Crippen LogP contribution in [0.2, 0.25) is 0 Å². The summed E-state index contributed by atoms with van der Waals surface area (Å²) < 4.78 is 0. The van der Waals surface area contributed by atoms with Crippen LogP contribution in [0.15, 0.2) is 12.3 Å². The van der Waals surface area contributed by atoms with Crippen LogP contribution in [-0.4, -0.2) is 4.98 Å². The Morgan fingerprint density at radius 1 is 1.55 bits per heavy atom. The molecule has 0 aromatic carbocycles. The maximum absolute atomic E-state index is 5.93. The molecule has 5 N–H and O–H groups in total. The number of aromatic amines is 1. The van der Waals surface area contributed by atoms with Gasteiger partial charge in [0.1, 0.15) is 0 Å². The third-order valence-corrected chi connectivity index (χ3v) is 2.22. The summed E-state index contributed by atoms with van der Waals surface area (Å²) in [4.78, 5) is 3.08. The van der Waals surface area contributed by atoms with Crippen LogP contribution in [0.4, 0.5) is 5.69 Å². The lowest BCUT2D eigenvalue weighted by Crippen LogP contribution is -2.12. The fraction of sp³-hybridized carbons (Fsp3) is 0.500. The molecule has 2 rings (SSSR count). The van der Waals surface area contributed by atoms with Crippen molar-refractivity contribution in [2.24, 2.45) is 11.7 Å². The second-order valence-electron chi connectivity index (χ2n) is 3.25. The van der Waals surface area contributed by atoms with Gasteiger partial charge >= 0.3 is 0 Å². The Balaban J connectivity index is 2.14. The van der Waals surface area contributed by atoms with E-state index in [9.17, 15) is 0 Å². The molecule has 1 aromatic rings. The topological polar surface area (TPSA) is 67.8 Å². The van der Waals surface area contributed by atoms with Gasteiger partial charge in [-0.3, -0.25) is 0 Å².